The Balaban J connectivity index is 2.85. The van der Waals surface area contributed by atoms with E-state index in [1.807, 2.05) is 0 Å². The molecule has 0 radical (unpaired) electrons. The maximum absolute atomic E-state index is 12.0. The minimum atomic E-state index is -1.09. The van der Waals surface area contributed by atoms with E-state index in [0.29, 0.717) is 0 Å². The number of aliphatic hydroxyl groups excluding tert-OH is 1. The van der Waals surface area contributed by atoms with Crippen LogP contribution in [0.2, 0.25) is 0 Å². The SMILES string of the molecule is COC(=O)[C@H](Cn1cc([C@@H](CO)NC(=O)OC(C)(C)C)nn1)NC(=O)OC(C)(C)C. The molecule has 0 aliphatic carbocycles. The number of rotatable bonds is 7. The molecule has 0 fully saturated rings. The molecular formula is C18H31N5O7. The van der Waals surface area contributed by atoms with E-state index in [1.165, 1.54) is 18.0 Å². The van der Waals surface area contributed by atoms with Gasteiger partial charge in [-0.05, 0) is 41.5 Å². The molecular weight excluding hydrogens is 398 g/mol. The number of aromatic nitrogens is 3. The van der Waals surface area contributed by atoms with Gasteiger partial charge < -0.3 is 30.0 Å². The molecule has 1 rings (SSSR count). The van der Waals surface area contributed by atoms with Crippen LogP contribution in [0.25, 0.3) is 0 Å². The molecule has 1 heterocycles. The number of hydrogen-bond donors (Lipinski definition) is 3. The second-order valence-corrected chi connectivity index (χ2v) is 8.47. The average Bonchev–Trinajstić information content (AvgIpc) is 3.03. The largest absolute Gasteiger partial charge is 0.467 e. The standard InChI is InChI=1S/C18H31N5O7/c1-17(2,3)29-15(26)19-12(14(25)28-7)9-23-8-11(21-22-23)13(10-24)20-16(27)30-18(4,5)6/h8,12-13,24H,9-10H2,1-7H3,(H,19,26)(H,20,27)/t12-,13+/m0/s1. The highest BCUT2D eigenvalue weighted by Gasteiger charge is 2.27. The highest BCUT2D eigenvalue weighted by molar-refractivity contribution is 5.81. The first-order valence-corrected chi connectivity index (χ1v) is 9.32. The van der Waals surface area contributed by atoms with Crippen LogP contribution in [0.4, 0.5) is 9.59 Å². The second kappa shape index (κ2) is 10.2. The van der Waals surface area contributed by atoms with E-state index >= 15 is 0 Å². The molecule has 0 bridgehead atoms. The fourth-order valence-corrected chi connectivity index (χ4v) is 2.18. The molecule has 0 spiro atoms. The Bertz CT molecular complexity index is 736. The van der Waals surface area contributed by atoms with Crippen LogP contribution < -0.4 is 10.6 Å². The van der Waals surface area contributed by atoms with Gasteiger partial charge in [0.05, 0.1) is 26.5 Å². The molecule has 12 heteroatoms. The number of carbonyl (C=O) groups is 3. The number of hydrogen-bond acceptors (Lipinski definition) is 9. The summed E-state index contributed by atoms with van der Waals surface area (Å²) in [6.07, 6.45) is -0.0986. The van der Waals surface area contributed by atoms with E-state index in [-0.39, 0.29) is 12.2 Å². The normalized spacial score (nSPS) is 13.7. The molecule has 0 saturated carbocycles. The third kappa shape index (κ3) is 9.07. The predicted octanol–water partition coefficient (Wildman–Crippen LogP) is 0.902. The summed E-state index contributed by atoms with van der Waals surface area (Å²) in [5, 5.41) is 22.3. The predicted molar refractivity (Wildman–Crippen MR) is 104 cm³/mol. The van der Waals surface area contributed by atoms with Gasteiger partial charge in [-0.1, -0.05) is 5.21 Å². The second-order valence-electron chi connectivity index (χ2n) is 8.47. The summed E-state index contributed by atoms with van der Waals surface area (Å²) in [7, 11) is 1.19. The van der Waals surface area contributed by atoms with Crippen molar-refractivity contribution < 1.29 is 33.7 Å². The maximum Gasteiger partial charge on any atom is 0.408 e. The number of carbonyl (C=O) groups excluding carboxylic acids is 3. The van der Waals surface area contributed by atoms with Crippen molar-refractivity contribution in [3.63, 3.8) is 0 Å². The number of esters is 1. The van der Waals surface area contributed by atoms with Gasteiger partial charge in [0.15, 0.2) is 0 Å². The van der Waals surface area contributed by atoms with Crippen LogP contribution in [0.5, 0.6) is 0 Å². The Morgan fingerprint density at radius 1 is 1.07 bits per heavy atom. The van der Waals surface area contributed by atoms with Crippen molar-refractivity contribution in [3.05, 3.63) is 11.9 Å². The number of methoxy groups -OCH3 is 1. The molecule has 1 aromatic rings. The summed E-state index contributed by atoms with van der Waals surface area (Å²) in [4.78, 5) is 35.9. The maximum atomic E-state index is 12.0. The fraction of sp³-hybridized carbons (Fsp3) is 0.722. The summed E-state index contributed by atoms with van der Waals surface area (Å²) in [6, 6.07) is -1.96. The lowest BCUT2D eigenvalue weighted by Gasteiger charge is -2.22. The number of nitrogens with zero attached hydrogens (tertiary/aromatic N) is 3. The minimum absolute atomic E-state index is 0.108. The van der Waals surface area contributed by atoms with Crippen molar-refractivity contribution in [1.82, 2.24) is 25.6 Å². The van der Waals surface area contributed by atoms with Gasteiger partial charge in [-0.15, -0.1) is 5.10 Å². The van der Waals surface area contributed by atoms with Crippen LogP contribution in [-0.4, -0.2) is 69.2 Å². The van der Waals surface area contributed by atoms with E-state index in [2.05, 4.69) is 20.9 Å². The van der Waals surface area contributed by atoms with Crippen molar-refractivity contribution in [2.75, 3.05) is 13.7 Å². The van der Waals surface area contributed by atoms with Crippen LogP contribution >= 0.6 is 0 Å². The number of ether oxygens (including phenoxy) is 3. The minimum Gasteiger partial charge on any atom is -0.467 e. The summed E-state index contributed by atoms with van der Waals surface area (Å²) in [6.45, 7) is 9.64. The van der Waals surface area contributed by atoms with Gasteiger partial charge in [0.1, 0.15) is 29.0 Å². The Hall–Kier alpha value is -2.89. The Kier molecular flexibility index (Phi) is 8.58. The summed E-state index contributed by atoms with van der Waals surface area (Å²) < 4.78 is 16.3. The van der Waals surface area contributed by atoms with E-state index in [0.717, 1.165) is 0 Å². The average molecular weight is 429 g/mol. The van der Waals surface area contributed by atoms with Crippen LogP contribution in [0.1, 0.15) is 53.3 Å². The number of aliphatic hydroxyl groups is 1. The first-order chi connectivity index (χ1) is 13.7. The van der Waals surface area contributed by atoms with Crippen molar-refractivity contribution in [3.8, 4) is 0 Å². The highest BCUT2D eigenvalue weighted by atomic mass is 16.6. The van der Waals surface area contributed by atoms with E-state index in [1.54, 1.807) is 41.5 Å². The van der Waals surface area contributed by atoms with Gasteiger partial charge in [-0.25, -0.2) is 19.1 Å². The van der Waals surface area contributed by atoms with Gasteiger partial charge in [-0.2, -0.15) is 0 Å². The molecule has 0 aliphatic heterocycles. The van der Waals surface area contributed by atoms with Crippen LogP contribution in [0.15, 0.2) is 6.20 Å². The zero-order chi connectivity index (χ0) is 23.1. The highest BCUT2D eigenvalue weighted by Crippen LogP contribution is 2.12. The van der Waals surface area contributed by atoms with Crippen molar-refractivity contribution in [2.24, 2.45) is 0 Å². The summed E-state index contributed by atoms with van der Waals surface area (Å²) in [5.74, 6) is -0.705. The molecule has 1 aromatic heterocycles. The molecule has 0 aromatic carbocycles. The topological polar surface area (TPSA) is 154 Å². The molecule has 2 atom stereocenters. The van der Waals surface area contributed by atoms with Gasteiger partial charge >= 0.3 is 18.2 Å². The molecule has 30 heavy (non-hydrogen) atoms. The Morgan fingerprint density at radius 2 is 1.60 bits per heavy atom. The molecule has 0 aliphatic rings. The molecule has 3 N–H and O–H groups in total. The lowest BCUT2D eigenvalue weighted by molar-refractivity contribution is -0.143. The smallest absolute Gasteiger partial charge is 0.408 e. The first kappa shape index (κ1) is 25.1. The van der Waals surface area contributed by atoms with Crippen LogP contribution in [-0.2, 0) is 25.5 Å². The monoisotopic (exact) mass is 429 g/mol. The number of alkyl carbamates (subject to hydrolysis) is 2. The van der Waals surface area contributed by atoms with Gasteiger partial charge in [-0.3, -0.25) is 0 Å². The molecule has 2 amide bonds. The van der Waals surface area contributed by atoms with E-state index in [9.17, 15) is 19.5 Å². The van der Waals surface area contributed by atoms with E-state index < -0.39 is 48.0 Å². The summed E-state index contributed by atoms with van der Waals surface area (Å²) in [5.41, 5.74) is -1.21. The third-order valence-corrected chi connectivity index (χ3v) is 3.33. The fourth-order valence-electron chi connectivity index (χ4n) is 2.18. The van der Waals surface area contributed by atoms with Crippen LogP contribution in [0, 0.1) is 0 Å². The van der Waals surface area contributed by atoms with Crippen molar-refractivity contribution in [2.45, 2.75) is 71.4 Å². The number of nitrogens with one attached hydrogen (secondary N) is 2. The van der Waals surface area contributed by atoms with Crippen molar-refractivity contribution >= 4 is 18.2 Å². The lowest BCUT2D eigenvalue weighted by Crippen LogP contribution is -2.46. The molecule has 0 saturated heterocycles. The molecule has 0 unspecified atom stereocenters. The molecule has 170 valence electrons. The summed E-state index contributed by atoms with van der Waals surface area (Å²) >= 11 is 0. The van der Waals surface area contributed by atoms with Gasteiger partial charge in [0, 0.05) is 0 Å². The Morgan fingerprint density at radius 3 is 2.07 bits per heavy atom. The zero-order valence-electron chi connectivity index (χ0n) is 18.4. The first-order valence-electron chi connectivity index (χ1n) is 9.32. The van der Waals surface area contributed by atoms with E-state index in [4.69, 9.17) is 14.2 Å². The molecule has 12 nitrogen and oxygen atoms in total. The van der Waals surface area contributed by atoms with Crippen LogP contribution in [0.3, 0.4) is 0 Å². The number of amides is 2. The van der Waals surface area contributed by atoms with Gasteiger partial charge in [0.25, 0.3) is 0 Å². The van der Waals surface area contributed by atoms with Gasteiger partial charge in [0.2, 0.25) is 0 Å². The van der Waals surface area contributed by atoms with Crippen molar-refractivity contribution in [1.29, 1.82) is 0 Å². The lowest BCUT2D eigenvalue weighted by atomic mass is 10.2. The zero-order valence-corrected chi connectivity index (χ0v) is 18.4. The Labute approximate surface area is 175 Å². The third-order valence-electron chi connectivity index (χ3n) is 3.33. The quantitative estimate of drug-likeness (QED) is 0.423.